The van der Waals surface area contributed by atoms with Crippen molar-refractivity contribution in [3.05, 3.63) is 53.1 Å². The van der Waals surface area contributed by atoms with Gasteiger partial charge in [0.25, 0.3) is 5.91 Å². The summed E-state index contributed by atoms with van der Waals surface area (Å²) in [4.78, 5) is 20.5. The topological polar surface area (TPSA) is 68.0 Å². The first kappa shape index (κ1) is 13.3. The van der Waals surface area contributed by atoms with E-state index < -0.39 is 0 Å². The van der Waals surface area contributed by atoms with E-state index in [4.69, 9.17) is 16.0 Å². The lowest BCUT2D eigenvalue weighted by atomic mass is 10.2. The molecule has 1 aromatic carbocycles. The molecule has 5 nitrogen and oxygen atoms in total. The number of carbonyl (C=O) groups excluding carboxylic acids is 1. The Morgan fingerprint density at radius 2 is 2.14 bits per heavy atom. The van der Waals surface area contributed by atoms with Crippen LogP contribution in [-0.2, 0) is 0 Å². The van der Waals surface area contributed by atoms with Gasteiger partial charge in [-0.2, -0.15) is 0 Å². The summed E-state index contributed by atoms with van der Waals surface area (Å²) < 4.78 is 5.70. The van der Waals surface area contributed by atoms with E-state index in [1.54, 1.807) is 12.1 Å². The lowest BCUT2D eigenvalue weighted by Gasteiger charge is -2.04. The zero-order valence-corrected chi connectivity index (χ0v) is 12.3. The molecule has 1 saturated carbocycles. The molecule has 1 N–H and O–H groups in total. The second-order valence-electron chi connectivity index (χ2n) is 5.33. The number of nitrogens with one attached hydrogen (secondary N) is 1. The van der Waals surface area contributed by atoms with E-state index in [9.17, 15) is 4.79 Å². The van der Waals surface area contributed by atoms with Crippen LogP contribution in [-0.4, -0.2) is 15.9 Å². The van der Waals surface area contributed by atoms with Crippen LogP contribution < -0.4 is 5.32 Å². The molecule has 4 rings (SSSR count). The zero-order valence-electron chi connectivity index (χ0n) is 11.5. The number of benzene rings is 1. The predicted molar refractivity (Wildman–Crippen MR) is 83.2 cm³/mol. The second kappa shape index (κ2) is 5.10. The van der Waals surface area contributed by atoms with Gasteiger partial charge in [0.05, 0.1) is 0 Å². The van der Waals surface area contributed by atoms with E-state index in [0.29, 0.717) is 17.2 Å². The molecule has 3 aromatic rings. The van der Waals surface area contributed by atoms with E-state index in [0.717, 1.165) is 29.8 Å². The maximum atomic E-state index is 12.2. The highest BCUT2D eigenvalue weighted by molar-refractivity contribution is 6.29. The molecule has 0 atom stereocenters. The number of fused-ring (bicyclic) bond motifs is 1. The molecule has 110 valence electrons. The Morgan fingerprint density at radius 1 is 1.27 bits per heavy atom. The number of hydrogen-bond acceptors (Lipinski definition) is 4. The molecule has 2 heterocycles. The number of aromatic nitrogens is 2. The average molecular weight is 314 g/mol. The monoisotopic (exact) mass is 313 g/mol. The zero-order chi connectivity index (χ0) is 15.1. The molecule has 2 aromatic heterocycles. The van der Waals surface area contributed by atoms with Gasteiger partial charge in [0.15, 0.2) is 11.5 Å². The summed E-state index contributed by atoms with van der Waals surface area (Å²) in [5.74, 6) is 1.01. The van der Waals surface area contributed by atoms with Crippen LogP contribution in [0.1, 0.15) is 35.0 Å². The highest BCUT2D eigenvalue weighted by Crippen LogP contribution is 2.40. The first-order chi connectivity index (χ1) is 10.7. The van der Waals surface area contributed by atoms with Gasteiger partial charge in [0.2, 0.25) is 0 Å². The van der Waals surface area contributed by atoms with Crippen LogP contribution in [0.15, 0.2) is 40.9 Å². The van der Waals surface area contributed by atoms with Crippen LogP contribution in [0.4, 0.5) is 5.69 Å². The van der Waals surface area contributed by atoms with E-state index in [1.165, 1.54) is 12.3 Å². The van der Waals surface area contributed by atoms with Gasteiger partial charge in [-0.05, 0) is 43.2 Å². The molecule has 0 unspecified atom stereocenters. The number of anilines is 1. The summed E-state index contributed by atoms with van der Waals surface area (Å²) in [5, 5.41) is 3.11. The number of oxazole rings is 1. The average Bonchev–Trinajstić information content (AvgIpc) is 3.27. The number of hydrogen-bond donors (Lipinski definition) is 1. The van der Waals surface area contributed by atoms with Crippen molar-refractivity contribution in [3.63, 3.8) is 0 Å². The standard InChI is InChI=1S/C16H12ClN3O2/c17-14-7-10(5-6-18-14)15(21)19-11-3-4-13-12(8-11)20-16(22-13)9-1-2-9/h3-9H,1-2H2,(H,19,21). The van der Waals surface area contributed by atoms with Crippen LogP contribution in [0.25, 0.3) is 11.1 Å². The Labute approximate surface area is 131 Å². The van der Waals surface area contributed by atoms with Crippen molar-refractivity contribution < 1.29 is 9.21 Å². The Balaban J connectivity index is 1.59. The van der Waals surface area contributed by atoms with Crippen LogP contribution in [0, 0.1) is 0 Å². The van der Waals surface area contributed by atoms with Crippen LogP contribution in [0.5, 0.6) is 0 Å². The van der Waals surface area contributed by atoms with Crippen molar-refractivity contribution >= 4 is 34.3 Å². The Kier molecular flexibility index (Phi) is 3.08. The lowest BCUT2D eigenvalue weighted by Crippen LogP contribution is -2.11. The summed E-state index contributed by atoms with van der Waals surface area (Å²) in [7, 11) is 0. The largest absolute Gasteiger partial charge is 0.440 e. The van der Waals surface area contributed by atoms with E-state index in [1.807, 2.05) is 12.1 Å². The molecule has 1 amide bonds. The molecular weight excluding hydrogens is 302 g/mol. The number of halogens is 1. The fraction of sp³-hybridized carbons (Fsp3) is 0.188. The number of nitrogens with zero attached hydrogens (tertiary/aromatic N) is 2. The van der Waals surface area contributed by atoms with Crippen LogP contribution in [0.3, 0.4) is 0 Å². The molecule has 0 aliphatic heterocycles. The summed E-state index contributed by atoms with van der Waals surface area (Å²) in [5.41, 5.74) is 2.62. The summed E-state index contributed by atoms with van der Waals surface area (Å²) >= 11 is 5.79. The molecule has 0 saturated heterocycles. The molecule has 0 bridgehead atoms. The summed E-state index contributed by atoms with van der Waals surface area (Å²) in [6, 6.07) is 8.57. The van der Waals surface area contributed by atoms with Gasteiger partial charge in [0.1, 0.15) is 10.7 Å². The lowest BCUT2D eigenvalue weighted by molar-refractivity contribution is 0.102. The number of carbonyl (C=O) groups is 1. The maximum Gasteiger partial charge on any atom is 0.255 e. The van der Waals surface area contributed by atoms with Crippen molar-refractivity contribution in [1.82, 2.24) is 9.97 Å². The minimum atomic E-state index is -0.241. The predicted octanol–water partition coefficient (Wildman–Crippen LogP) is 4.01. The van der Waals surface area contributed by atoms with Gasteiger partial charge < -0.3 is 9.73 Å². The van der Waals surface area contributed by atoms with Crippen molar-refractivity contribution in [3.8, 4) is 0 Å². The fourth-order valence-electron chi connectivity index (χ4n) is 2.27. The van der Waals surface area contributed by atoms with Crippen molar-refractivity contribution in [2.24, 2.45) is 0 Å². The molecule has 22 heavy (non-hydrogen) atoms. The molecule has 1 aliphatic rings. The Bertz CT molecular complexity index is 871. The minimum Gasteiger partial charge on any atom is -0.440 e. The van der Waals surface area contributed by atoms with E-state index in [-0.39, 0.29) is 11.1 Å². The van der Waals surface area contributed by atoms with Crippen molar-refractivity contribution in [1.29, 1.82) is 0 Å². The Morgan fingerprint density at radius 3 is 2.91 bits per heavy atom. The van der Waals surface area contributed by atoms with Gasteiger partial charge in [0, 0.05) is 23.4 Å². The van der Waals surface area contributed by atoms with Crippen molar-refractivity contribution in [2.75, 3.05) is 5.32 Å². The van der Waals surface area contributed by atoms with Gasteiger partial charge in [-0.15, -0.1) is 0 Å². The van der Waals surface area contributed by atoms with Crippen LogP contribution in [0.2, 0.25) is 5.15 Å². The molecule has 0 radical (unpaired) electrons. The maximum absolute atomic E-state index is 12.2. The summed E-state index contributed by atoms with van der Waals surface area (Å²) in [6.45, 7) is 0. The number of amides is 1. The molecule has 1 aliphatic carbocycles. The Hall–Kier alpha value is -2.40. The fourth-order valence-corrected chi connectivity index (χ4v) is 2.45. The van der Waals surface area contributed by atoms with Gasteiger partial charge in [-0.3, -0.25) is 4.79 Å². The highest BCUT2D eigenvalue weighted by atomic mass is 35.5. The first-order valence-corrected chi connectivity index (χ1v) is 7.40. The second-order valence-corrected chi connectivity index (χ2v) is 5.72. The van der Waals surface area contributed by atoms with E-state index >= 15 is 0 Å². The third-order valence-corrected chi connectivity index (χ3v) is 3.78. The normalized spacial score (nSPS) is 14.2. The molecule has 6 heteroatoms. The first-order valence-electron chi connectivity index (χ1n) is 7.02. The van der Waals surface area contributed by atoms with Crippen LogP contribution >= 0.6 is 11.6 Å². The molecule has 1 fully saturated rings. The smallest absolute Gasteiger partial charge is 0.255 e. The van der Waals surface area contributed by atoms with Crippen molar-refractivity contribution in [2.45, 2.75) is 18.8 Å². The minimum absolute atomic E-state index is 0.241. The number of rotatable bonds is 3. The quantitative estimate of drug-likeness (QED) is 0.742. The van der Waals surface area contributed by atoms with Gasteiger partial charge >= 0.3 is 0 Å². The summed E-state index contributed by atoms with van der Waals surface area (Å²) in [6.07, 6.45) is 3.78. The van der Waals surface area contributed by atoms with E-state index in [2.05, 4.69) is 15.3 Å². The molecule has 0 spiro atoms. The SMILES string of the molecule is O=C(Nc1ccc2oc(C3CC3)nc2c1)c1ccnc(Cl)c1. The van der Waals surface area contributed by atoms with Gasteiger partial charge in [-0.25, -0.2) is 9.97 Å². The number of pyridine rings is 1. The molecular formula is C16H12ClN3O2. The third kappa shape index (κ3) is 2.55. The third-order valence-electron chi connectivity index (χ3n) is 3.58. The highest BCUT2D eigenvalue weighted by Gasteiger charge is 2.28. The van der Waals surface area contributed by atoms with Gasteiger partial charge in [-0.1, -0.05) is 11.6 Å².